The Labute approximate surface area is 84.1 Å². The first kappa shape index (κ1) is 9.77. The molecule has 1 aliphatic rings. The van der Waals surface area contributed by atoms with Crippen molar-refractivity contribution in [3.8, 4) is 0 Å². The zero-order valence-electron chi connectivity index (χ0n) is 7.40. The Balaban J connectivity index is 2.26. The number of thiophene rings is 1. The Kier molecular flexibility index (Phi) is 2.39. The van der Waals surface area contributed by atoms with Gasteiger partial charge in [-0.1, -0.05) is 6.08 Å². The highest BCUT2D eigenvalue weighted by Crippen LogP contribution is 2.37. The summed E-state index contributed by atoms with van der Waals surface area (Å²) in [4.78, 5) is -0.500. The van der Waals surface area contributed by atoms with Crippen LogP contribution in [0, 0.1) is 0 Å². The van der Waals surface area contributed by atoms with E-state index in [0.29, 0.717) is 0 Å². The molecule has 1 aliphatic carbocycles. The second-order valence-electron chi connectivity index (χ2n) is 3.32. The first-order chi connectivity index (χ1) is 6.57. The van der Waals surface area contributed by atoms with Crippen LogP contribution < -0.4 is 0 Å². The van der Waals surface area contributed by atoms with Crippen molar-refractivity contribution in [3.05, 3.63) is 28.0 Å². The van der Waals surface area contributed by atoms with Gasteiger partial charge in [0.15, 0.2) is 0 Å². The van der Waals surface area contributed by atoms with Gasteiger partial charge in [-0.3, -0.25) is 0 Å². The van der Waals surface area contributed by atoms with E-state index in [4.69, 9.17) is 0 Å². The predicted octanol–water partition coefficient (Wildman–Crippen LogP) is 4.33. The normalized spacial score (nSPS) is 17.2. The summed E-state index contributed by atoms with van der Waals surface area (Å²) in [6, 6.07) is 1.25. The first-order valence-corrected chi connectivity index (χ1v) is 5.30. The van der Waals surface area contributed by atoms with Gasteiger partial charge in [-0.15, -0.1) is 11.3 Å². The lowest BCUT2D eigenvalue weighted by Gasteiger charge is -2.00. The van der Waals surface area contributed by atoms with Crippen molar-refractivity contribution < 1.29 is 13.2 Å². The van der Waals surface area contributed by atoms with Crippen LogP contribution in [0.25, 0.3) is 5.57 Å². The van der Waals surface area contributed by atoms with Crippen molar-refractivity contribution >= 4 is 16.9 Å². The second kappa shape index (κ2) is 3.42. The summed E-state index contributed by atoms with van der Waals surface area (Å²) in [5, 5.41) is 1.60. The van der Waals surface area contributed by atoms with Crippen LogP contribution in [-0.2, 0) is 6.18 Å². The Hall–Kier alpha value is -0.770. The maximum atomic E-state index is 12.3. The molecule has 0 saturated carbocycles. The van der Waals surface area contributed by atoms with Crippen LogP contribution in [0.15, 0.2) is 17.5 Å². The third-order valence-electron chi connectivity index (χ3n) is 2.29. The zero-order chi connectivity index (χ0) is 10.2. The predicted molar refractivity (Wildman–Crippen MR) is 51.1 cm³/mol. The quantitative estimate of drug-likeness (QED) is 0.658. The molecule has 0 atom stereocenters. The molecule has 0 N–H and O–H groups in total. The third-order valence-corrected chi connectivity index (χ3v) is 3.27. The molecule has 0 saturated heterocycles. The summed E-state index contributed by atoms with van der Waals surface area (Å²) in [5.74, 6) is 0. The molecule has 1 aromatic heterocycles. The average molecular weight is 218 g/mol. The fourth-order valence-electron chi connectivity index (χ4n) is 1.59. The summed E-state index contributed by atoms with van der Waals surface area (Å²) < 4.78 is 36.8. The Morgan fingerprint density at radius 3 is 2.57 bits per heavy atom. The van der Waals surface area contributed by atoms with Crippen molar-refractivity contribution in [1.29, 1.82) is 0 Å². The van der Waals surface area contributed by atoms with Gasteiger partial charge in [0.2, 0.25) is 0 Å². The highest BCUT2D eigenvalue weighted by molar-refractivity contribution is 7.10. The van der Waals surface area contributed by atoms with E-state index < -0.39 is 11.1 Å². The zero-order valence-corrected chi connectivity index (χ0v) is 8.21. The van der Waals surface area contributed by atoms with Crippen LogP contribution >= 0.6 is 11.3 Å². The lowest BCUT2D eigenvalue weighted by molar-refractivity contribution is -0.134. The summed E-state index contributed by atoms with van der Waals surface area (Å²) >= 11 is 0.778. The SMILES string of the molecule is FC(F)(F)c1cc(C2=CCCC2)cs1. The lowest BCUT2D eigenvalue weighted by Crippen LogP contribution is -2.00. The van der Waals surface area contributed by atoms with Crippen LogP contribution in [0.1, 0.15) is 29.7 Å². The van der Waals surface area contributed by atoms with Crippen LogP contribution in [0.2, 0.25) is 0 Å². The Morgan fingerprint density at radius 1 is 1.29 bits per heavy atom. The van der Waals surface area contributed by atoms with Crippen molar-refractivity contribution in [3.63, 3.8) is 0 Å². The van der Waals surface area contributed by atoms with Gasteiger partial charge in [-0.2, -0.15) is 13.2 Å². The molecule has 1 aromatic rings. The maximum Gasteiger partial charge on any atom is 0.425 e. The van der Waals surface area contributed by atoms with Gasteiger partial charge < -0.3 is 0 Å². The molecule has 14 heavy (non-hydrogen) atoms. The molecule has 0 aromatic carbocycles. The van der Waals surface area contributed by atoms with Crippen LogP contribution in [-0.4, -0.2) is 0 Å². The van der Waals surface area contributed by atoms with E-state index >= 15 is 0 Å². The van der Waals surface area contributed by atoms with E-state index in [1.54, 1.807) is 5.38 Å². The minimum absolute atomic E-state index is 0.500. The summed E-state index contributed by atoms with van der Waals surface area (Å²) in [6.07, 6.45) is 0.803. The summed E-state index contributed by atoms with van der Waals surface area (Å²) in [5.41, 5.74) is 1.82. The molecule has 76 valence electrons. The van der Waals surface area contributed by atoms with E-state index in [9.17, 15) is 13.2 Å². The molecule has 0 spiro atoms. The van der Waals surface area contributed by atoms with Crippen molar-refractivity contribution in [2.24, 2.45) is 0 Å². The average Bonchev–Trinajstić information content (AvgIpc) is 2.73. The molecule has 0 fully saturated rings. The summed E-state index contributed by atoms with van der Waals surface area (Å²) in [7, 11) is 0. The first-order valence-electron chi connectivity index (χ1n) is 4.42. The van der Waals surface area contributed by atoms with E-state index in [0.717, 1.165) is 41.7 Å². The van der Waals surface area contributed by atoms with E-state index in [2.05, 4.69) is 0 Å². The molecular weight excluding hydrogens is 209 g/mol. The van der Waals surface area contributed by atoms with Gasteiger partial charge in [0.25, 0.3) is 0 Å². The fraction of sp³-hybridized carbons (Fsp3) is 0.400. The third kappa shape index (κ3) is 1.85. The molecule has 0 bridgehead atoms. The Bertz CT molecular complexity index is 360. The van der Waals surface area contributed by atoms with Crippen molar-refractivity contribution in [2.45, 2.75) is 25.4 Å². The van der Waals surface area contributed by atoms with Gasteiger partial charge >= 0.3 is 6.18 Å². The van der Waals surface area contributed by atoms with Crippen molar-refractivity contribution in [1.82, 2.24) is 0 Å². The van der Waals surface area contributed by atoms with Gasteiger partial charge in [0.05, 0.1) is 0 Å². The fourth-order valence-corrected chi connectivity index (χ4v) is 2.39. The monoisotopic (exact) mass is 218 g/mol. The number of rotatable bonds is 1. The van der Waals surface area contributed by atoms with Gasteiger partial charge in [-0.05, 0) is 41.8 Å². The number of hydrogen-bond donors (Lipinski definition) is 0. The maximum absolute atomic E-state index is 12.3. The molecule has 4 heteroatoms. The smallest absolute Gasteiger partial charge is 0.165 e. The molecule has 2 rings (SSSR count). The van der Waals surface area contributed by atoms with Crippen molar-refractivity contribution in [2.75, 3.05) is 0 Å². The standard InChI is InChI=1S/C10H9F3S/c11-10(12,13)9-5-8(6-14-9)7-3-1-2-4-7/h3,5-6H,1-2,4H2. The molecular formula is C10H9F3S. The molecule has 0 radical (unpaired) electrons. The van der Waals surface area contributed by atoms with Crippen LogP contribution in [0.3, 0.4) is 0 Å². The molecule has 1 heterocycles. The van der Waals surface area contributed by atoms with Crippen LogP contribution in [0.5, 0.6) is 0 Å². The highest BCUT2D eigenvalue weighted by atomic mass is 32.1. The number of halogens is 3. The topological polar surface area (TPSA) is 0 Å². The van der Waals surface area contributed by atoms with E-state index in [1.165, 1.54) is 6.07 Å². The number of alkyl halides is 3. The largest absolute Gasteiger partial charge is 0.425 e. The molecule has 0 amide bonds. The minimum atomic E-state index is -4.19. The van der Waals surface area contributed by atoms with Gasteiger partial charge in [0.1, 0.15) is 4.88 Å². The van der Waals surface area contributed by atoms with Gasteiger partial charge in [-0.25, -0.2) is 0 Å². The molecule has 0 unspecified atom stereocenters. The lowest BCUT2D eigenvalue weighted by atomic mass is 10.1. The van der Waals surface area contributed by atoms with Gasteiger partial charge in [0, 0.05) is 0 Å². The van der Waals surface area contributed by atoms with E-state index in [1.807, 2.05) is 6.08 Å². The second-order valence-corrected chi connectivity index (χ2v) is 4.23. The van der Waals surface area contributed by atoms with Crippen LogP contribution in [0.4, 0.5) is 13.2 Å². The number of allylic oxidation sites excluding steroid dienone is 2. The molecule has 0 aliphatic heterocycles. The molecule has 0 nitrogen and oxygen atoms in total. The highest BCUT2D eigenvalue weighted by Gasteiger charge is 2.32. The summed E-state index contributed by atoms with van der Waals surface area (Å²) in [6.45, 7) is 0. The van der Waals surface area contributed by atoms with E-state index in [-0.39, 0.29) is 0 Å². The number of hydrogen-bond acceptors (Lipinski definition) is 1. The Morgan fingerprint density at radius 2 is 2.07 bits per heavy atom. The minimum Gasteiger partial charge on any atom is -0.165 e.